The van der Waals surface area contributed by atoms with Gasteiger partial charge in [-0.3, -0.25) is 4.79 Å². The molecule has 1 aromatic carbocycles. The van der Waals surface area contributed by atoms with E-state index in [9.17, 15) is 4.79 Å². The van der Waals surface area contributed by atoms with Crippen molar-refractivity contribution >= 4 is 17.2 Å². The number of nitrogens with one attached hydrogen (secondary N) is 1. The van der Waals surface area contributed by atoms with Crippen LogP contribution in [0.25, 0.3) is 5.65 Å². The molecule has 1 N–H and O–H groups in total. The van der Waals surface area contributed by atoms with E-state index in [0.29, 0.717) is 5.56 Å². The van der Waals surface area contributed by atoms with Gasteiger partial charge in [0.25, 0.3) is 5.91 Å². The first-order valence-corrected chi connectivity index (χ1v) is 6.88. The third-order valence-corrected chi connectivity index (χ3v) is 3.69. The first-order chi connectivity index (χ1) is 10.1. The molecule has 0 aliphatic rings. The maximum absolute atomic E-state index is 12.3. The highest BCUT2D eigenvalue weighted by molar-refractivity contribution is 6.06. The number of carbonyl (C=O) groups is 1. The molecule has 21 heavy (non-hydrogen) atoms. The molecule has 106 valence electrons. The third-order valence-electron chi connectivity index (χ3n) is 3.69. The van der Waals surface area contributed by atoms with Gasteiger partial charge >= 0.3 is 0 Å². The van der Waals surface area contributed by atoms with Crippen molar-refractivity contribution in [3.8, 4) is 0 Å². The quantitative estimate of drug-likeness (QED) is 0.780. The number of anilines is 1. The summed E-state index contributed by atoms with van der Waals surface area (Å²) in [5.74, 6) is -0.124. The van der Waals surface area contributed by atoms with Crippen molar-refractivity contribution in [3.05, 3.63) is 65.1 Å². The lowest BCUT2D eigenvalue weighted by molar-refractivity contribution is 0.102. The van der Waals surface area contributed by atoms with Crippen LogP contribution in [0.2, 0.25) is 0 Å². The van der Waals surface area contributed by atoms with Crippen LogP contribution in [0, 0.1) is 20.8 Å². The van der Waals surface area contributed by atoms with Gasteiger partial charge in [-0.2, -0.15) is 0 Å². The van der Waals surface area contributed by atoms with E-state index in [1.165, 1.54) is 0 Å². The fourth-order valence-corrected chi connectivity index (χ4v) is 2.30. The van der Waals surface area contributed by atoms with Gasteiger partial charge in [-0.25, -0.2) is 4.98 Å². The number of hydrogen-bond acceptors (Lipinski definition) is 2. The number of amides is 1. The Balaban J connectivity index is 1.96. The number of hydrogen-bond donors (Lipinski definition) is 1. The molecule has 3 rings (SSSR count). The zero-order chi connectivity index (χ0) is 15.0. The van der Waals surface area contributed by atoms with E-state index in [2.05, 4.69) is 10.3 Å². The molecule has 0 saturated carbocycles. The Bertz CT molecular complexity index is 816. The minimum Gasteiger partial charge on any atom is -0.319 e. The van der Waals surface area contributed by atoms with E-state index >= 15 is 0 Å². The number of benzene rings is 1. The van der Waals surface area contributed by atoms with Gasteiger partial charge in [0.05, 0.1) is 11.4 Å². The predicted octanol–water partition coefficient (Wildman–Crippen LogP) is 3.51. The summed E-state index contributed by atoms with van der Waals surface area (Å²) in [5, 5.41) is 2.94. The number of nitrogens with zero attached hydrogens (tertiary/aromatic N) is 2. The van der Waals surface area contributed by atoms with E-state index in [4.69, 9.17) is 0 Å². The molecule has 1 amide bonds. The molecule has 0 fully saturated rings. The minimum absolute atomic E-state index is 0.124. The summed E-state index contributed by atoms with van der Waals surface area (Å²) in [4.78, 5) is 16.8. The van der Waals surface area contributed by atoms with Crippen molar-refractivity contribution in [2.75, 3.05) is 5.32 Å². The van der Waals surface area contributed by atoms with Crippen LogP contribution in [-0.4, -0.2) is 15.3 Å². The number of fused-ring (bicyclic) bond motifs is 1. The second-order valence-corrected chi connectivity index (χ2v) is 5.22. The molecule has 0 aliphatic heterocycles. The fraction of sp³-hybridized carbons (Fsp3) is 0.176. The van der Waals surface area contributed by atoms with Crippen LogP contribution in [0.5, 0.6) is 0 Å². The standard InChI is InChI=1S/C17H17N3O/c1-11-6-8-14(9-7-11)17(21)19-15-5-4-10-20-13(3)12(2)18-16(15)20/h4-10H,1-3H3,(H,19,21). The molecule has 0 spiro atoms. The molecule has 2 heterocycles. The maximum Gasteiger partial charge on any atom is 0.255 e. The average molecular weight is 279 g/mol. The lowest BCUT2D eigenvalue weighted by Gasteiger charge is -2.07. The van der Waals surface area contributed by atoms with Crippen LogP contribution >= 0.6 is 0 Å². The largest absolute Gasteiger partial charge is 0.319 e. The highest BCUT2D eigenvalue weighted by atomic mass is 16.1. The summed E-state index contributed by atoms with van der Waals surface area (Å²) >= 11 is 0. The molecular weight excluding hydrogens is 262 g/mol. The maximum atomic E-state index is 12.3. The third kappa shape index (κ3) is 2.40. The van der Waals surface area contributed by atoms with E-state index in [1.54, 1.807) is 0 Å². The molecule has 0 unspecified atom stereocenters. The first-order valence-electron chi connectivity index (χ1n) is 6.88. The summed E-state index contributed by atoms with van der Waals surface area (Å²) in [5.41, 5.74) is 5.31. The van der Waals surface area contributed by atoms with Gasteiger partial charge < -0.3 is 9.72 Å². The summed E-state index contributed by atoms with van der Waals surface area (Å²) in [7, 11) is 0. The van der Waals surface area contributed by atoms with E-state index in [1.807, 2.05) is 67.8 Å². The highest BCUT2D eigenvalue weighted by Crippen LogP contribution is 2.20. The number of pyridine rings is 1. The number of rotatable bonds is 2. The predicted molar refractivity (Wildman–Crippen MR) is 83.8 cm³/mol. The average Bonchev–Trinajstić information content (AvgIpc) is 2.77. The van der Waals surface area contributed by atoms with Crippen LogP contribution in [0.1, 0.15) is 27.3 Å². The van der Waals surface area contributed by atoms with Gasteiger partial charge in [-0.15, -0.1) is 0 Å². The summed E-state index contributed by atoms with van der Waals surface area (Å²) in [6.45, 7) is 5.98. The van der Waals surface area contributed by atoms with Crippen molar-refractivity contribution in [3.63, 3.8) is 0 Å². The van der Waals surface area contributed by atoms with Gasteiger partial charge in [-0.05, 0) is 45.0 Å². The van der Waals surface area contributed by atoms with Crippen molar-refractivity contribution < 1.29 is 4.79 Å². The second kappa shape index (κ2) is 5.05. The zero-order valence-electron chi connectivity index (χ0n) is 12.3. The SMILES string of the molecule is Cc1ccc(C(=O)Nc2cccn3c(C)c(C)nc23)cc1. The van der Waals surface area contributed by atoms with Crippen LogP contribution in [-0.2, 0) is 0 Å². The summed E-state index contributed by atoms with van der Waals surface area (Å²) < 4.78 is 1.99. The van der Waals surface area contributed by atoms with E-state index in [-0.39, 0.29) is 5.91 Å². The summed E-state index contributed by atoms with van der Waals surface area (Å²) in [6, 6.07) is 11.3. The second-order valence-electron chi connectivity index (χ2n) is 5.22. The molecule has 0 saturated heterocycles. The lowest BCUT2D eigenvalue weighted by atomic mass is 10.1. The van der Waals surface area contributed by atoms with Crippen LogP contribution in [0.4, 0.5) is 5.69 Å². The molecule has 0 bridgehead atoms. The lowest BCUT2D eigenvalue weighted by Crippen LogP contribution is -2.12. The fourth-order valence-electron chi connectivity index (χ4n) is 2.30. The molecular formula is C17H17N3O. The Morgan fingerprint density at radius 1 is 1.10 bits per heavy atom. The van der Waals surface area contributed by atoms with Crippen molar-refractivity contribution in [1.29, 1.82) is 0 Å². The molecule has 4 heteroatoms. The Morgan fingerprint density at radius 2 is 1.81 bits per heavy atom. The molecule has 2 aromatic heterocycles. The Labute approximate surface area is 123 Å². The molecule has 0 radical (unpaired) electrons. The smallest absolute Gasteiger partial charge is 0.255 e. The minimum atomic E-state index is -0.124. The van der Waals surface area contributed by atoms with Crippen molar-refractivity contribution in [2.24, 2.45) is 0 Å². The van der Waals surface area contributed by atoms with Crippen LogP contribution in [0.3, 0.4) is 0 Å². The zero-order valence-corrected chi connectivity index (χ0v) is 12.3. The topological polar surface area (TPSA) is 46.4 Å². The highest BCUT2D eigenvalue weighted by Gasteiger charge is 2.11. The van der Waals surface area contributed by atoms with Crippen molar-refractivity contribution in [1.82, 2.24) is 9.38 Å². The Hall–Kier alpha value is -2.62. The molecule has 0 atom stereocenters. The molecule has 0 aliphatic carbocycles. The number of aromatic nitrogens is 2. The first kappa shape index (κ1) is 13.4. The number of imidazole rings is 1. The Kier molecular flexibility index (Phi) is 3.22. The van der Waals surface area contributed by atoms with E-state index in [0.717, 1.165) is 28.3 Å². The van der Waals surface area contributed by atoms with Gasteiger partial charge in [0, 0.05) is 17.5 Å². The number of aryl methyl sites for hydroxylation is 3. The molecule has 3 aromatic rings. The monoisotopic (exact) mass is 279 g/mol. The number of carbonyl (C=O) groups excluding carboxylic acids is 1. The van der Waals surface area contributed by atoms with E-state index < -0.39 is 0 Å². The van der Waals surface area contributed by atoms with Crippen LogP contribution < -0.4 is 5.32 Å². The van der Waals surface area contributed by atoms with Gasteiger partial charge in [0.2, 0.25) is 0 Å². The Morgan fingerprint density at radius 3 is 2.52 bits per heavy atom. The van der Waals surface area contributed by atoms with Crippen molar-refractivity contribution in [2.45, 2.75) is 20.8 Å². The molecule has 4 nitrogen and oxygen atoms in total. The van der Waals surface area contributed by atoms with Gasteiger partial charge in [0.15, 0.2) is 5.65 Å². The van der Waals surface area contributed by atoms with Gasteiger partial charge in [-0.1, -0.05) is 17.7 Å². The van der Waals surface area contributed by atoms with Crippen LogP contribution in [0.15, 0.2) is 42.6 Å². The summed E-state index contributed by atoms with van der Waals surface area (Å²) in [6.07, 6.45) is 1.95. The normalized spacial score (nSPS) is 10.8. The van der Waals surface area contributed by atoms with Gasteiger partial charge in [0.1, 0.15) is 0 Å².